The van der Waals surface area contributed by atoms with Crippen molar-refractivity contribution in [2.24, 2.45) is 10.4 Å². The Morgan fingerprint density at radius 2 is 1.78 bits per heavy atom. The first-order valence-corrected chi connectivity index (χ1v) is 8.99. The lowest BCUT2D eigenvalue weighted by molar-refractivity contribution is -0.138. The molecule has 152 valence electrons. The Balaban J connectivity index is 0.00000364. The third-order valence-corrected chi connectivity index (χ3v) is 4.97. The van der Waals surface area contributed by atoms with Crippen LogP contribution >= 0.6 is 24.0 Å². The van der Waals surface area contributed by atoms with Crippen molar-refractivity contribution in [3.05, 3.63) is 35.4 Å². The van der Waals surface area contributed by atoms with Crippen LogP contribution in [0.25, 0.3) is 0 Å². The molecular weight excluding hydrogens is 465 g/mol. The highest BCUT2D eigenvalue weighted by atomic mass is 127. The summed E-state index contributed by atoms with van der Waals surface area (Å²) < 4.78 is 27.3. The van der Waals surface area contributed by atoms with Gasteiger partial charge in [-0.1, -0.05) is 18.9 Å². The summed E-state index contributed by atoms with van der Waals surface area (Å²) in [5.41, 5.74) is -0.343. The minimum atomic E-state index is -0.545. The SMILES string of the molecule is CN=C(NCCc1c(F)cccc1F)NCC1(C(=O)N(C)C)CCCC1.I. The highest BCUT2D eigenvalue weighted by Gasteiger charge is 2.42. The lowest BCUT2D eigenvalue weighted by Crippen LogP contribution is -2.49. The molecule has 2 N–H and O–H groups in total. The zero-order chi connectivity index (χ0) is 19.2. The van der Waals surface area contributed by atoms with E-state index in [0.717, 1.165) is 25.7 Å². The molecule has 0 bridgehead atoms. The van der Waals surface area contributed by atoms with E-state index in [4.69, 9.17) is 0 Å². The topological polar surface area (TPSA) is 56.7 Å². The number of carbonyl (C=O) groups excluding carboxylic acids is 1. The van der Waals surface area contributed by atoms with Crippen LogP contribution in [0, 0.1) is 17.0 Å². The molecule has 0 aliphatic heterocycles. The van der Waals surface area contributed by atoms with Crippen LogP contribution in [0.4, 0.5) is 8.78 Å². The molecule has 0 radical (unpaired) electrons. The molecule has 2 rings (SSSR count). The number of carbonyl (C=O) groups is 1. The number of hydrogen-bond acceptors (Lipinski definition) is 2. The molecule has 1 aromatic carbocycles. The first-order valence-electron chi connectivity index (χ1n) is 8.99. The summed E-state index contributed by atoms with van der Waals surface area (Å²) in [4.78, 5) is 18.4. The van der Waals surface area contributed by atoms with E-state index in [1.165, 1.54) is 18.2 Å². The minimum Gasteiger partial charge on any atom is -0.356 e. The third kappa shape index (κ3) is 6.02. The number of aliphatic imine (C=N–C) groups is 1. The number of hydrogen-bond donors (Lipinski definition) is 2. The van der Waals surface area contributed by atoms with Crippen LogP contribution in [-0.2, 0) is 11.2 Å². The fourth-order valence-corrected chi connectivity index (χ4v) is 3.54. The lowest BCUT2D eigenvalue weighted by Gasteiger charge is -2.31. The van der Waals surface area contributed by atoms with Crippen LogP contribution in [-0.4, -0.2) is 51.0 Å². The Morgan fingerprint density at radius 1 is 1.19 bits per heavy atom. The van der Waals surface area contributed by atoms with Crippen LogP contribution in [0.15, 0.2) is 23.2 Å². The fourth-order valence-electron chi connectivity index (χ4n) is 3.54. The zero-order valence-electron chi connectivity index (χ0n) is 16.1. The van der Waals surface area contributed by atoms with Gasteiger partial charge in [0.2, 0.25) is 5.91 Å². The van der Waals surface area contributed by atoms with Crippen molar-refractivity contribution in [1.82, 2.24) is 15.5 Å². The van der Waals surface area contributed by atoms with Gasteiger partial charge in [-0.3, -0.25) is 9.79 Å². The van der Waals surface area contributed by atoms with E-state index < -0.39 is 17.0 Å². The summed E-state index contributed by atoms with van der Waals surface area (Å²) in [7, 11) is 5.19. The van der Waals surface area contributed by atoms with E-state index in [1.807, 2.05) is 0 Å². The Labute approximate surface area is 177 Å². The van der Waals surface area contributed by atoms with Crippen LogP contribution in [0.5, 0.6) is 0 Å². The fraction of sp³-hybridized carbons (Fsp3) is 0.579. The Kier molecular flexibility index (Phi) is 9.41. The second-order valence-corrected chi connectivity index (χ2v) is 6.99. The molecule has 0 heterocycles. The molecule has 8 heteroatoms. The zero-order valence-corrected chi connectivity index (χ0v) is 18.5. The smallest absolute Gasteiger partial charge is 0.230 e. The molecule has 1 saturated carbocycles. The maximum Gasteiger partial charge on any atom is 0.230 e. The molecule has 0 aromatic heterocycles. The van der Waals surface area contributed by atoms with Gasteiger partial charge in [-0.2, -0.15) is 0 Å². The van der Waals surface area contributed by atoms with E-state index in [9.17, 15) is 13.6 Å². The van der Waals surface area contributed by atoms with Gasteiger partial charge < -0.3 is 15.5 Å². The Morgan fingerprint density at radius 3 is 2.30 bits per heavy atom. The Bertz CT molecular complexity index is 641. The number of amides is 1. The van der Waals surface area contributed by atoms with Crippen molar-refractivity contribution in [1.29, 1.82) is 0 Å². The van der Waals surface area contributed by atoms with Crippen LogP contribution < -0.4 is 10.6 Å². The molecule has 5 nitrogen and oxygen atoms in total. The van der Waals surface area contributed by atoms with Crippen molar-refractivity contribution in [3.8, 4) is 0 Å². The summed E-state index contributed by atoms with van der Waals surface area (Å²) >= 11 is 0. The van der Waals surface area contributed by atoms with E-state index in [-0.39, 0.29) is 41.9 Å². The minimum absolute atomic E-state index is 0. The average molecular weight is 494 g/mol. The standard InChI is InChI=1S/C19H28F2N4O.HI/c1-22-18(23-12-9-14-15(20)7-6-8-16(14)21)24-13-19(10-4-5-11-19)17(26)25(2)3;/h6-8H,4-5,9-13H2,1-3H3,(H2,22,23,24);1H. The second-order valence-electron chi connectivity index (χ2n) is 6.99. The molecule has 27 heavy (non-hydrogen) atoms. The van der Waals surface area contributed by atoms with Crippen molar-refractivity contribution in [2.45, 2.75) is 32.1 Å². The monoisotopic (exact) mass is 494 g/mol. The molecule has 1 aliphatic rings. The first-order chi connectivity index (χ1) is 12.4. The van der Waals surface area contributed by atoms with E-state index in [1.54, 1.807) is 26.0 Å². The lowest BCUT2D eigenvalue weighted by atomic mass is 9.84. The van der Waals surface area contributed by atoms with Crippen LogP contribution in [0.1, 0.15) is 31.2 Å². The number of rotatable bonds is 6. The number of nitrogens with zero attached hydrogens (tertiary/aromatic N) is 2. The molecule has 0 unspecified atom stereocenters. The molecule has 1 aliphatic carbocycles. The maximum absolute atomic E-state index is 13.7. The number of halogens is 3. The molecule has 0 atom stereocenters. The normalized spacial score (nSPS) is 15.8. The average Bonchev–Trinajstić information content (AvgIpc) is 3.09. The van der Waals surface area contributed by atoms with Crippen molar-refractivity contribution in [2.75, 3.05) is 34.2 Å². The number of guanidine groups is 1. The number of benzene rings is 1. The predicted octanol–water partition coefficient (Wildman–Crippen LogP) is 2.94. The Hall–Kier alpha value is -1.45. The van der Waals surface area contributed by atoms with Gasteiger partial charge in [0, 0.05) is 39.8 Å². The van der Waals surface area contributed by atoms with E-state index in [2.05, 4.69) is 15.6 Å². The summed E-state index contributed by atoms with van der Waals surface area (Å²) in [6, 6.07) is 3.86. The van der Waals surface area contributed by atoms with Gasteiger partial charge in [-0.05, 0) is 31.4 Å². The van der Waals surface area contributed by atoms with Gasteiger partial charge >= 0.3 is 0 Å². The molecule has 0 saturated heterocycles. The molecule has 1 fully saturated rings. The third-order valence-electron chi connectivity index (χ3n) is 4.97. The summed E-state index contributed by atoms with van der Waals surface area (Å²) in [5.74, 6) is -0.432. The second kappa shape index (κ2) is 10.8. The number of nitrogens with one attached hydrogen (secondary N) is 2. The summed E-state index contributed by atoms with van der Waals surface area (Å²) in [6.45, 7) is 0.837. The molecular formula is C19H29F2IN4O. The van der Waals surface area contributed by atoms with Crippen molar-refractivity contribution >= 4 is 35.8 Å². The highest BCUT2D eigenvalue weighted by Crippen LogP contribution is 2.38. The van der Waals surface area contributed by atoms with Crippen molar-refractivity contribution in [3.63, 3.8) is 0 Å². The van der Waals surface area contributed by atoms with Gasteiger partial charge in [0.1, 0.15) is 11.6 Å². The molecule has 1 amide bonds. The van der Waals surface area contributed by atoms with Crippen LogP contribution in [0.2, 0.25) is 0 Å². The van der Waals surface area contributed by atoms with Crippen molar-refractivity contribution < 1.29 is 13.6 Å². The van der Waals surface area contributed by atoms with Gasteiger partial charge in [0.25, 0.3) is 0 Å². The largest absolute Gasteiger partial charge is 0.356 e. The summed E-state index contributed by atoms with van der Waals surface area (Å²) in [6.07, 6.45) is 4.00. The van der Waals surface area contributed by atoms with Gasteiger partial charge in [0.05, 0.1) is 5.41 Å². The predicted molar refractivity (Wildman–Crippen MR) is 114 cm³/mol. The quantitative estimate of drug-likeness (QED) is 0.364. The maximum atomic E-state index is 13.7. The van der Waals surface area contributed by atoms with Gasteiger partial charge in [0.15, 0.2) is 5.96 Å². The highest BCUT2D eigenvalue weighted by molar-refractivity contribution is 14.0. The first kappa shape index (κ1) is 23.6. The molecule has 0 spiro atoms. The van der Waals surface area contributed by atoms with Gasteiger partial charge in [-0.15, -0.1) is 24.0 Å². The van der Waals surface area contributed by atoms with Gasteiger partial charge in [-0.25, -0.2) is 8.78 Å². The summed E-state index contributed by atoms with van der Waals surface area (Å²) in [5, 5.41) is 6.27. The van der Waals surface area contributed by atoms with E-state index >= 15 is 0 Å². The molecule has 1 aromatic rings. The van der Waals surface area contributed by atoms with E-state index in [0.29, 0.717) is 19.0 Å². The van der Waals surface area contributed by atoms with Crippen LogP contribution in [0.3, 0.4) is 0 Å².